The van der Waals surface area contributed by atoms with Gasteiger partial charge in [0.05, 0.1) is 23.2 Å². The molecule has 0 saturated carbocycles. The molecule has 0 aliphatic rings. The Morgan fingerprint density at radius 3 is 2.23 bits per heavy atom. The lowest BCUT2D eigenvalue weighted by molar-refractivity contribution is -0.385. The average Bonchev–Trinajstić information content (AvgIpc) is 2.98. The summed E-state index contributed by atoms with van der Waals surface area (Å²) in [5.74, 6) is -6.03. The summed E-state index contributed by atoms with van der Waals surface area (Å²) in [5.41, 5.74) is -2.81. The second-order valence-corrected chi connectivity index (χ2v) is 5.43. The highest BCUT2D eigenvalue weighted by Crippen LogP contribution is 2.25. The Morgan fingerprint density at radius 1 is 1.12 bits per heavy atom. The van der Waals surface area contributed by atoms with Crippen LogP contribution in [0.1, 0.15) is 11.1 Å². The van der Waals surface area contributed by atoms with E-state index in [9.17, 15) is 24.5 Å². The van der Waals surface area contributed by atoms with Crippen molar-refractivity contribution in [3.05, 3.63) is 57.9 Å². The van der Waals surface area contributed by atoms with E-state index in [0.29, 0.717) is 5.56 Å². The minimum absolute atomic E-state index is 0.0304. The average molecular weight is 363 g/mol. The molecule has 136 valence electrons. The van der Waals surface area contributed by atoms with Gasteiger partial charge in [0.1, 0.15) is 0 Å². The van der Waals surface area contributed by atoms with Crippen LogP contribution in [0, 0.1) is 15.5 Å². The zero-order valence-electron chi connectivity index (χ0n) is 13.1. The van der Waals surface area contributed by atoms with Gasteiger partial charge in [0.2, 0.25) is 0 Å². The molecule has 11 heteroatoms. The van der Waals surface area contributed by atoms with Crippen LogP contribution >= 0.6 is 0 Å². The predicted octanol–water partition coefficient (Wildman–Crippen LogP) is 0.622. The van der Waals surface area contributed by atoms with Crippen LogP contribution in [0.4, 0.5) is 5.69 Å². The van der Waals surface area contributed by atoms with Crippen molar-refractivity contribution in [1.82, 2.24) is 9.78 Å². The third-order valence-electron chi connectivity index (χ3n) is 3.77. The van der Waals surface area contributed by atoms with Crippen molar-refractivity contribution in [3.63, 3.8) is 0 Å². The van der Waals surface area contributed by atoms with E-state index in [2.05, 4.69) is 5.10 Å². The molecule has 0 aliphatic carbocycles. The summed E-state index contributed by atoms with van der Waals surface area (Å²) in [5, 5.41) is 42.2. The smallest absolute Gasteiger partial charge is 0.333 e. The molecule has 0 atom stereocenters. The van der Waals surface area contributed by atoms with Gasteiger partial charge in [0, 0.05) is 18.7 Å². The second-order valence-electron chi connectivity index (χ2n) is 5.43. The summed E-state index contributed by atoms with van der Waals surface area (Å²) in [6, 6.07) is 5.91. The number of hydrogen-bond donors (Lipinski definition) is 3. The summed E-state index contributed by atoms with van der Waals surface area (Å²) in [6.45, 7) is -0.0304. The van der Waals surface area contributed by atoms with Crippen LogP contribution in [0.25, 0.3) is 0 Å². The number of carboxylic acid groups (broad SMARTS) is 3. The van der Waals surface area contributed by atoms with Crippen LogP contribution in [0.5, 0.6) is 0 Å². The number of carboxylic acids is 3. The van der Waals surface area contributed by atoms with Gasteiger partial charge in [-0.3, -0.25) is 29.2 Å². The third-order valence-corrected chi connectivity index (χ3v) is 3.77. The van der Waals surface area contributed by atoms with Gasteiger partial charge in [0.15, 0.2) is 0 Å². The number of benzene rings is 1. The zero-order valence-corrected chi connectivity index (χ0v) is 13.1. The van der Waals surface area contributed by atoms with Gasteiger partial charge in [-0.1, -0.05) is 18.2 Å². The van der Waals surface area contributed by atoms with Crippen LogP contribution in [-0.2, 0) is 27.3 Å². The van der Waals surface area contributed by atoms with Crippen molar-refractivity contribution in [2.75, 3.05) is 0 Å². The summed E-state index contributed by atoms with van der Waals surface area (Å²) < 4.78 is 1.23. The molecule has 2 aromatic rings. The van der Waals surface area contributed by atoms with Crippen molar-refractivity contribution in [1.29, 1.82) is 0 Å². The molecule has 0 amide bonds. The van der Waals surface area contributed by atoms with Crippen LogP contribution in [-0.4, -0.2) is 47.9 Å². The third kappa shape index (κ3) is 3.36. The standard InChI is InChI=1S/C15H13N3O8/c19-12(20)15(13(21)22,14(23)24)5-9-6-16-17(7-9)8-10-3-1-2-4-11(10)18(25)26/h1-4,6-7H,5,8H2,(H,19,20)(H,21,22)(H,23,24). The first-order valence-corrected chi connectivity index (χ1v) is 7.12. The Balaban J connectivity index is 2.30. The Morgan fingerprint density at radius 2 is 1.69 bits per heavy atom. The fourth-order valence-electron chi connectivity index (χ4n) is 2.39. The summed E-state index contributed by atoms with van der Waals surface area (Å²) in [6.07, 6.45) is 1.54. The Labute approximate surface area is 145 Å². The van der Waals surface area contributed by atoms with Crippen molar-refractivity contribution in [3.8, 4) is 0 Å². The van der Waals surface area contributed by atoms with Crippen molar-refractivity contribution < 1.29 is 34.6 Å². The number of hydrogen-bond acceptors (Lipinski definition) is 6. The highest BCUT2D eigenvalue weighted by atomic mass is 16.6. The van der Waals surface area contributed by atoms with Crippen LogP contribution in [0.15, 0.2) is 36.7 Å². The lowest BCUT2D eigenvalue weighted by Gasteiger charge is -2.18. The molecule has 0 bridgehead atoms. The van der Waals surface area contributed by atoms with Gasteiger partial charge < -0.3 is 15.3 Å². The second kappa shape index (κ2) is 7.01. The van der Waals surface area contributed by atoms with E-state index in [1.54, 1.807) is 6.07 Å². The summed E-state index contributed by atoms with van der Waals surface area (Å²) >= 11 is 0. The monoisotopic (exact) mass is 363 g/mol. The number of nitrogens with zero attached hydrogens (tertiary/aromatic N) is 3. The Kier molecular flexibility index (Phi) is 5.01. The first-order chi connectivity index (χ1) is 12.2. The van der Waals surface area contributed by atoms with Gasteiger partial charge in [0.25, 0.3) is 11.1 Å². The summed E-state index contributed by atoms with van der Waals surface area (Å²) in [7, 11) is 0. The molecule has 0 aliphatic heterocycles. The van der Waals surface area contributed by atoms with E-state index in [4.69, 9.17) is 15.3 Å². The maximum absolute atomic E-state index is 11.3. The molecule has 0 radical (unpaired) electrons. The van der Waals surface area contributed by atoms with Crippen molar-refractivity contribution >= 4 is 23.6 Å². The van der Waals surface area contributed by atoms with Crippen molar-refractivity contribution in [2.24, 2.45) is 5.41 Å². The molecular weight excluding hydrogens is 350 g/mol. The number of para-hydroxylation sites is 1. The minimum atomic E-state index is -3.05. The molecule has 1 aromatic heterocycles. The Bertz CT molecular complexity index is 852. The number of nitro groups is 1. The van der Waals surface area contributed by atoms with Crippen molar-refractivity contribution in [2.45, 2.75) is 13.0 Å². The maximum Gasteiger partial charge on any atom is 0.333 e. The molecule has 0 unspecified atom stereocenters. The van der Waals surface area contributed by atoms with E-state index in [0.717, 1.165) is 6.20 Å². The van der Waals surface area contributed by atoms with Gasteiger partial charge >= 0.3 is 17.9 Å². The molecule has 1 heterocycles. The first kappa shape index (κ1) is 18.6. The molecule has 1 aromatic carbocycles. The van der Waals surface area contributed by atoms with Gasteiger partial charge in [-0.05, 0) is 5.56 Å². The number of aliphatic carboxylic acids is 3. The van der Waals surface area contributed by atoms with Crippen LogP contribution in [0.3, 0.4) is 0 Å². The van der Waals surface area contributed by atoms with E-state index >= 15 is 0 Å². The maximum atomic E-state index is 11.3. The lowest BCUT2D eigenvalue weighted by atomic mass is 9.82. The molecule has 0 spiro atoms. The molecule has 3 N–H and O–H groups in total. The van der Waals surface area contributed by atoms with Crippen LogP contribution in [0.2, 0.25) is 0 Å². The molecule has 11 nitrogen and oxygen atoms in total. The largest absolute Gasteiger partial charge is 0.480 e. The quantitative estimate of drug-likeness (QED) is 0.345. The highest BCUT2D eigenvalue weighted by molar-refractivity contribution is 6.16. The zero-order chi connectivity index (χ0) is 19.5. The summed E-state index contributed by atoms with van der Waals surface area (Å²) in [4.78, 5) is 44.2. The van der Waals surface area contributed by atoms with E-state index < -0.39 is 34.7 Å². The fourth-order valence-corrected chi connectivity index (χ4v) is 2.39. The SMILES string of the molecule is O=C(O)C(Cc1cnn(Cc2ccccc2[N+](=O)[O-])c1)(C(=O)O)C(=O)O. The topological polar surface area (TPSA) is 173 Å². The number of nitro benzene ring substituents is 1. The molecule has 26 heavy (non-hydrogen) atoms. The van der Waals surface area contributed by atoms with E-state index in [-0.39, 0.29) is 17.8 Å². The number of rotatable bonds is 8. The van der Waals surface area contributed by atoms with Crippen LogP contribution < -0.4 is 0 Å². The highest BCUT2D eigenvalue weighted by Gasteiger charge is 2.54. The molecule has 0 saturated heterocycles. The van der Waals surface area contributed by atoms with E-state index in [1.807, 2.05) is 0 Å². The normalized spacial score (nSPS) is 11.1. The van der Waals surface area contributed by atoms with Gasteiger partial charge in [-0.15, -0.1) is 0 Å². The van der Waals surface area contributed by atoms with E-state index in [1.165, 1.54) is 29.1 Å². The Hall–Kier alpha value is -3.76. The number of aromatic nitrogens is 2. The lowest BCUT2D eigenvalue weighted by Crippen LogP contribution is -2.48. The first-order valence-electron chi connectivity index (χ1n) is 7.12. The predicted molar refractivity (Wildman–Crippen MR) is 83.5 cm³/mol. The molecular formula is C15H13N3O8. The minimum Gasteiger partial charge on any atom is -0.480 e. The fraction of sp³-hybridized carbons (Fsp3) is 0.200. The van der Waals surface area contributed by atoms with Gasteiger partial charge in [-0.25, -0.2) is 0 Å². The molecule has 0 fully saturated rings. The molecule has 2 rings (SSSR count). The number of carbonyl (C=O) groups is 3. The van der Waals surface area contributed by atoms with Gasteiger partial charge in [-0.2, -0.15) is 5.10 Å².